The van der Waals surface area contributed by atoms with Crippen molar-refractivity contribution >= 4 is 17.3 Å². The van der Waals surface area contributed by atoms with Gasteiger partial charge >= 0.3 is 0 Å². The molecule has 0 radical (unpaired) electrons. The van der Waals surface area contributed by atoms with Gasteiger partial charge in [0.1, 0.15) is 0 Å². The van der Waals surface area contributed by atoms with Crippen LogP contribution in [0.5, 0.6) is 0 Å². The maximum atomic E-state index is 5.98. The van der Waals surface area contributed by atoms with E-state index in [1.807, 2.05) is 12.1 Å². The number of halogens is 1. The third-order valence-electron chi connectivity index (χ3n) is 5.30. The minimum absolute atomic E-state index is 0.661. The van der Waals surface area contributed by atoms with Crippen LogP contribution in [0.1, 0.15) is 50.5 Å². The molecule has 1 aromatic rings. The molecule has 0 atom stereocenters. The lowest BCUT2D eigenvalue weighted by atomic mass is 9.68. The SMILES string of the molecule is Nc1cc(CN2CCC3(CCCCC3)CC2)ccc1Cl. The van der Waals surface area contributed by atoms with Crippen molar-refractivity contribution in [2.75, 3.05) is 18.8 Å². The Balaban J connectivity index is 1.56. The van der Waals surface area contributed by atoms with Crippen LogP contribution in [0.15, 0.2) is 18.2 Å². The largest absolute Gasteiger partial charge is 0.398 e. The van der Waals surface area contributed by atoms with Crippen LogP contribution in [-0.2, 0) is 6.54 Å². The number of hydrogen-bond donors (Lipinski definition) is 1. The Morgan fingerprint density at radius 1 is 1.05 bits per heavy atom. The highest BCUT2D eigenvalue weighted by Crippen LogP contribution is 2.44. The molecule has 2 fully saturated rings. The number of nitrogen functional groups attached to an aromatic ring is 1. The predicted octanol–water partition coefficient (Wildman–Crippen LogP) is 4.47. The Bertz CT molecular complexity index is 456. The topological polar surface area (TPSA) is 29.3 Å². The van der Waals surface area contributed by atoms with Gasteiger partial charge in [-0.3, -0.25) is 4.90 Å². The smallest absolute Gasteiger partial charge is 0.0635 e. The van der Waals surface area contributed by atoms with Crippen molar-refractivity contribution in [3.05, 3.63) is 28.8 Å². The van der Waals surface area contributed by atoms with E-state index in [-0.39, 0.29) is 0 Å². The minimum atomic E-state index is 0.661. The molecule has 1 aromatic carbocycles. The minimum Gasteiger partial charge on any atom is -0.398 e. The van der Waals surface area contributed by atoms with Crippen molar-refractivity contribution < 1.29 is 0 Å². The molecule has 0 bridgehead atoms. The Morgan fingerprint density at radius 2 is 1.75 bits per heavy atom. The standard InChI is InChI=1S/C17H25ClN2/c18-15-5-4-14(12-16(15)19)13-20-10-8-17(9-11-20)6-2-1-3-7-17/h4-5,12H,1-3,6-11,13,19H2. The lowest BCUT2D eigenvalue weighted by Crippen LogP contribution is -2.40. The molecule has 0 unspecified atom stereocenters. The first-order valence-electron chi connectivity index (χ1n) is 7.93. The molecule has 1 heterocycles. The van der Waals surface area contributed by atoms with Gasteiger partial charge in [0.25, 0.3) is 0 Å². The van der Waals surface area contributed by atoms with Gasteiger partial charge in [0.05, 0.1) is 10.7 Å². The van der Waals surface area contributed by atoms with E-state index < -0.39 is 0 Å². The van der Waals surface area contributed by atoms with Gasteiger partial charge in [-0.25, -0.2) is 0 Å². The zero-order valence-electron chi connectivity index (χ0n) is 12.2. The normalized spacial score (nSPS) is 23.1. The maximum Gasteiger partial charge on any atom is 0.0635 e. The molecule has 1 saturated heterocycles. The molecular formula is C17H25ClN2. The van der Waals surface area contributed by atoms with Gasteiger partial charge in [-0.15, -0.1) is 0 Å². The monoisotopic (exact) mass is 292 g/mol. The third-order valence-corrected chi connectivity index (χ3v) is 5.64. The number of rotatable bonds is 2. The van der Waals surface area contributed by atoms with Crippen LogP contribution >= 0.6 is 11.6 Å². The molecule has 110 valence electrons. The van der Waals surface area contributed by atoms with Crippen molar-refractivity contribution in [3.8, 4) is 0 Å². The molecule has 2 aliphatic rings. The van der Waals surface area contributed by atoms with Gasteiger partial charge in [-0.05, 0) is 61.9 Å². The molecule has 2 nitrogen and oxygen atoms in total. The Hall–Kier alpha value is -0.730. The van der Waals surface area contributed by atoms with Crippen LogP contribution in [0, 0.1) is 5.41 Å². The average Bonchev–Trinajstić information content (AvgIpc) is 2.47. The summed E-state index contributed by atoms with van der Waals surface area (Å²) in [4.78, 5) is 2.57. The van der Waals surface area contributed by atoms with Crippen molar-refractivity contribution in [3.63, 3.8) is 0 Å². The van der Waals surface area contributed by atoms with Crippen LogP contribution < -0.4 is 5.73 Å². The summed E-state index contributed by atoms with van der Waals surface area (Å²) in [5.74, 6) is 0. The molecule has 3 heteroatoms. The van der Waals surface area contributed by atoms with Crippen LogP contribution in [0.4, 0.5) is 5.69 Å². The quantitative estimate of drug-likeness (QED) is 0.815. The van der Waals surface area contributed by atoms with Gasteiger partial charge in [0.2, 0.25) is 0 Å². The van der Waals surface area contributed by atoms with E-state index in [2.05, 4.69) is 11.0 Å². The van der Waals surface area contributed by atoms with E-state index in [4.69, 9.17) is 17.3 Å². The summed E-state index contributed by atoms with van der Waals surface area (Å²) >= 11 is 5.98. The molecule has 0 aromatic heterocycles. The first kappa shape index (κ1) is 14.2. The summed E-state index contributed by atoms with van der Waals surface area (Å²) in [5.41, 5.74) is 8.56. The summed E-state index contributed by atoms with van der Waals surface area (Å²) in [6.07, 6.45) is 10.1. The number of nitrogens with zero attached hydrogens (tertiary/aromatic N) is 1. The van der Waals surface area contributed by atoms with Gasteiger partial charge in [-0.1, -0.05) is 36.9 Å². The number of benzene rings is 1. The van der Waals surface area contributed by atoms with Crippen LogP contribution in [0.25, 0.3) is 0 Å². The number of hydrogen-bond acceptors (Lipinski definition) is 2. The summed E-state index contributed by atoms with van der Waals surface area (Å²) in [5, 5.41) is 0.661. The molecule has 2 N–H and O–H groups in total. The fourth-order valence-electron chi connectivity index (χ4n) is 3.94. The van der Waals surface area contributed by atoms with E-state index in [9.17, 15) is 0 Å². The molecule has 1 saturated carbocycles. The third kappa shape index (κ3) is 3.12. The van der Waals surface area contributed by atoms with E-state index >= 15 is 0 Å². The maximum absolute atomic E-state index is 5.98. The Morgan fingerprint density at radius 3 is 2.40 bits per heavy atom. The van der Waals surface area contributed by atoms with Crippen LogP contribution in [0.2, 0.25) is 5.02 Å². The van der Waals surface area contributed by atoms with E-state index in [0.717, 1.165) is 6.54 Å². The van der Waals surface area contributed by atoms with Crippen LogP contribution in [0.3, 0.4) is 0 Å². The van der Waals surface area contributed by atoms with Crippen LogP contribution in [-0.4, -0.2) is 18.0 Å². The summed E-state index contributed by atoms with van der Waals surface area (Å²) in [6.45, 7) is 3.49. The zero-order valence-corrected chi connectivity index (χ0v) is 13.0. The number of likely N-dealkylation sites (tertiary alicyclic amines) is 1. The highest BCUT2D eigenvalue weighted by Gasteiger charge is 2.35. The second-order valence-corrected chi connectivity index (χ2v) is 7.10. The van der Waals surface area contributed by atoms with Crippen molar-refractivity contribution in [2.45, 2.75) is 51.5 Å². The second-order valence-electron chi connectivity index (χ2n) is 6.69. The van der Waals surface area contributed by atoms with Gasteiger partial charge in [-0.2, -0.15) is 0 Å². The van der Waals surface area contributed by atoms with E-state index in [0.29, 0.717) is 16.1 Å². The molecule has 1 aliphatic carbocycles. The van der Waals surface area contributed by atoms with E-state index in [1.165, 1.54) is 63.6 Å². The number of anilines is 1. The average molecular weight is 293 g/mol. The highest BCUT2D eigenvalue weighted by atomic mass is 35.5. The first-order chi connectivity index (χ1) is 9.67. The Kier molecular flexibility index (Phi) is 4.23. The summed E-state index contributed by atoms with van der Waals surface area (Å²) in [7, 11) is 0. The summed E-state index contributed by atoms with van der Waals surface area (Å²) in [6, 6.07) is 6.04. The molecule has 0 amide bonds. The summed E-state index contributed by atoms with van der Waals surface area (Å²) < 4.78 is 0. The van der Waals surface area contributed by atoms with Gasteiger partial charge < -0.3 is 5.73 Å². The lowest BCUT2D eigenvalue weighted by Gasteiger charge is -2.44. The lowest BCUT2D eigenvalue weighted by molar-refractivity contribution is 0.0641. The number of nitrogens with two attached hydrogens (primary N) is 1. The predicted molar refractivity (Wildman–Crippen MR) is 85.9 cm³/mol. The molecule has 1 aliphatic heterocycles. The molecular weight excluding hydrogens is 268 g/mol. The molecule has 3 rings (SSSR count). The van der Waals surface area contributed by atoms with E-state index in [1.54, 1.807) is 0 Å². The number of piperidine rings is 1. The zero-order chi connectivity index (χ0) is 14.0. The molecule has 20 heavy (non-hydrogen) atoms. The molecule has 1 spiro atoms. The highest BCUT2D eigenvalue weighted by molar-refractivity contribution is 6.33. The fraction of sp³-hybridized carbons (Fsp3) is 0.647. The van der Waals surface area contributed by atoms with Gasteiger partial charge in [0.15, 0.2) is 0 Å². The van der Waals surface area contributed by atoms with Crippen molar-refractivity contribution in [1.82, 2.24) is 4.90 Å². The first-order valence-corrected chi connectivity index (χ1v) is 8.31. The second kappa shape index (κ2) is 5.95. The fourth-order valence-corrected chi connectivity index (χ4v) is 4.05. The Labute approximate surface area is 127 Å². The van der Waals surface area contributed by atoms with Gasteiger partial charge in [0, 0.05) is 6.54 Å². The van der Waals surface area contributed by atoms with Crippen molar-refractivity contribution in [1.29, 1.82) is 0 Å². The van der Waals surface area contributed by atoms with Crippen molar-refractivity contribution in [2.24, 2.45) is 5.41 Å².